The first-order chi connectivity index (χ1) is 16.6. The molecule has 0 unspecified atom stereocenters. The molecular weight excluding hydrogens is 451 g/mol. The third-order valence-corrected chi connectivity index (χ3v) is 6.88. The van der Waals surface area contributed by atoms with Gasteiger partial charge in [-0.3, -0.25) is 4.79 Å². The number of hydrogen-bond acceptors (Lipinski definition) is 5. The number of nitrogens with zero attached hydrogens (tertiary/aromatic N) is 3. The van der Waals surface area contributed by atoms with E-state index in [4.69, 9.17) is 4.74 Å². The van der Waals surface area contributed by atoms with E-state index in [1.807, 2.05) is 48.5 Å². The number of nitrogens with one attached hydrogen (secondary N) is 1. The largest absolute Gasteiger partial charge is 0.489 e. The lowest BCUT2D eigenvalue weighted by atomic mass is 9.87. The zero-order valence-corrected chi connectivity index (χ0v) is 18.8. The van der Waals surface area contributed by atoms with Crippen molar-refractivity contribution < 1.29 is 13.9 Å². The Hall–Kier alpha value is -4.04. The summed E-state index contributed by atoms with van der Waals surface area (Å²) in [5.41, 5.74) is 3.69. The fraction of sp³-hybridized carbons (Fsp3) is 0.115. The van der Waals surface area contributed by atoms with Gasteiger partial charge in [-0.05, 0) is 47.5 Å². The summed E-state index contributed by atoms with van der Waals surface area (Å²) >= 11 is 1.53. The molecule has 34 heavy (non-hydrogen) atoms. The first-order valence-corrected chi connectivity index (χ1v) is 11.7. The van der Waals surface area contributed by atoms with Gasteiger partial charge in [-0.15, -0.1) is 0 Å². The van der Waals surface area contributed by atoms with Gasteiger partial charge in [0.1, 0.15) is 24.0 Å². The van der Waals surface area contributed by atoms with Gasteiger partial charge in [-0.2, -0.15) is 9.78 Å². The highest BCUT2D eigenvalue weighted by atomic mass is 32.1. The molecule has 0 fully saturated rings. The molecule has 1 aliphatic heterocycles. The van der Waals surface area contributed by atoms with Gasteiger partial charge in [0.05, 0.1) is 16.4 Å². The smallest absolute Gasteiger partial charge is 0.226 e. The molecule has 2 aromatic heterocycles. The molecule has 1 aliphatic rings. The van der Waals surface area contributed by atoms with Crippen molar-refractivity contribution >= 4 is 33.3 Å². The molecule has 0 aliphatic carbocycles. The van der Waals surface area contributed by atoms with Crippen LogP contribution in [-0.2, 0) is 11.4 Å². The number of carbonyl (C=O) groups is 1. The zero-order chi connectivity index (χ0) is 23.1. The summed E-state index contributed by atoms with van der Waals surface area (Å²) < 4.78 is 21.8. The van der Waals surface area contributed by atoms with Crippen LogP contribution in [0.1, 0.15) is 29.0 Å². The summed E-state index contributed by atoms with van der Waals surface area (Å²) in [5, 5.41) is 8.26. The molecule has 168 valence electrons. The number of aromatic nitrogens is 3. The van der Waals surface area contributed by atoms with Crippen molar-refractivity contribution in [3.63, 3.8) is 0 Å². The molecule has 6 nitrogen and oxygen atoms in total. The van der Waals surface area contributed by atoms with Gasteiger partial charge >= 0.3 is 0 Å². The lowest BCUT2D eigenvalue weighted by Crippen LogP contribution is -2.24. The summed E-state index contributed by atoms with van der Waals surface area (Å²) in [7, 11) is 0. The molecule has 0 spiro atoms. The number of rotatable bonds is 5. The number of fused-ring (bicyclic) bond motifs is 2. The van der Waals surface area contributed by atoms with E-state index < -0.39 is 0 Å². The van der Waals surface area contributed by atoms with Crippen LogP contribution in [0.4, 0.5) is 10.2 Å². The van der Waals surface area contributed by atoms with Crippen molar-refractivity contribution in [1.82, 2.24) is 14.8 Å². The second kappa shape index (κ2) is 8.39. The van der Waals surface area contributed by atoms with E-state index >= 15 is 0 Å². The first kappa shape index (κ1) is 20.6. The Bertz CT molecular complexity index is 1480. The summed E-state index contributed by atoms with van der Waals surface area (Å²) in [5.74, 6) is 0.841. The Morgan fingerprint density at radius 1 is 1.09 bits per heavy atom. The average Bonchev–Trinajstić information content (AvgIpc) is 3.47. The number of amides is 1. The molecule has 0 saturated heterocycles. The molecule has 1 atom stereocenters. The van der Waals surface area contributed by atoms with Gasteiger partial charge in [0.2, 0.25) is 11.0 Å². The van der Waals surface area contributed by atoms with Crippen LogP contribution in [0.25, 0.3) is 15.3 Å². The quantitative estimate of drug-likeness (QED) is 0.359. The maximum atomic E-state index is 13.1. The number of thiazole rings is 1. The van der Waals surface area contributed by atoms with Crippen molar-refractivity contribution in [2.24, 2.45) is 0 Å². The number of carbonyl (C=O) groups excluding carboxylic acids is 1. The molecule has 0 saturated carbocycles. The maximum Gasteiger partial charge on any atom is 0.226 e. The predicted molar refractivity (Wildman–Crippen MR) is 129 cm³/mol. The molecule has 1 amide bonds. The van der Waals surface area contributed by atoms with E-state index in [1.54, 1.807) is 23.0 Å². The lowest BCUT2D eigenvalue weighted by molar-refractivity contribution is -0.116. The van der Waals surface area contributed by atoms with E-state index in [-0.39, 0.29) is 17.6 Å². The minimum atomic E-state index is -0.275. The molecule has 3 heterocycles. The number of hydrogen-bond donors (Lipinski definition) is 1. The lowest BCUT2D eigenvalue weighted by Gasteiger charge is -2.23. The van der Waals surface area contributed by atoms with Crippen LogP contribution in [0, 0.1) is 5.82 Å². The predicted octanol–water partition coefficient (Wildman–Crippen LogP) is 5.67. The van der Waals surface area contributed by atoms with E-state index in [9.17, 15) is 9.18 Å². The van der Waals surface area contributed by atoms with Crippen LogP contribution in [-0.4, -0.2) is 20.7 Å². The second-order valence-electron chi connectivity index (χ2n) is 8.12. The normalized spacial score (nSPS) is 15.2. The van der Waals surface area contributed by atoms with Crippen molar-refractivity contribution in [2.75, 3.05) is 5.32 Å². The van der Waals surface area contributed by atoms with E-state index in [2.05, 4.69) is 15.4 Å². The third-order valence-electron chi connectivity index (χ3n) is 5.86. The molecule has 5 aromatic rings. The van der Waals surface area contributed by atoms with Gasteiger partial charge in [0.15, 0.2) is 0 Å². The van der Waals surface area contributed by atoms with Gasteiger partial charge in [-0.1, -0.05) is 47.7 Å². The number of para-hydroxylation sites is 1. The van der Waals surface area contributed by atoms with E-state index in [1.165, 1.54) is 23.5 Å². The van der Waals surface area contributed by atoms with Crippen LogP contribution < -0.4 is 10.1 Å². The van der Waals surface area contributed by atoms with Gasteiger partial charge in [0, 0.05) is 17.9 Å². The van der Waals surface area contributed by atoms with Crippen LogP contribution in [0.2, 0.25) is 0 Å². The van der Waals surface area contributed by atoms with Crippen LogP contribution in [0.5, 0.6) is 5.75 Å². The second-order valence-corrected chi connectivity index (χ2v) is 9.13. The molecule has 3 aromatic carbocycles. The maximum absolute atomic E-state index is 13.1. The molecule has 8 heteroatoms. The first-order valence-electron chi connectivity index (χ1n) is 10.8. The van der Waals surface area contributed by atoms with Gasteiger partial charge in [0.25, 0.3) is 0 Å². The van der Waals surface area contributed by atoms with Crippen LogP contribution in [0.3, 0.4) is 0 Å². The Morgan fingerprint density at radius 3 is 2.79 bits per heavy atom. The highest BCUT2D eigenvalue weighted by Crippen LogP contribution is 2.39. The third kappa shape index (κ3) is 3.82. The monoisotopic (exact) mass is 470 g/mol. The number of benzene rings is 3. The Balaban J connectivity index is 1.30. The molecule has 0 bridgehead atoms. The molecule has 6 rings (SSSR count). The SMILES string of the molecule is O=C1C[C@@H](c2cccc(OCc3ccc(F)cc3)c2)c2cnn(-c3nc4ccccc4s3)c2N1. The highest BCUT2D eigenvalue weighted by molar-refractivity contribution is 7.20. The minimum Gasteiger partial charge on any atom is -0.489 e. The highest BCUT2D eigenvalue weighted by Gasteiger charge is 2.31. The van der Waals surface area contributed by atoms with Crippen molar-refractivity contribution in [2.45, 2.75) is 18.9 Å². The van der Waals surface area contributed by atoms with Crippen molar-refractivity contribution in [3.05, 3.63) is 102 Å². The molecule has 1 N–H and O–H groups in total. The fourth-order valence-corrected chi connectivity index (χ4v) is 5.11. The van der Waals surface area contributed by atoms with Crippen molar-refractivity contribution in [3.8, 4) is 10.9 Å². The Morgan fingerprint density at radius 2 is 1.94 bits per heavy atom. The summed E-state index contributed by atoms with van der Waals surface area (Å²) in [4.78, 5) is 17.3. The number of anilines is 1. The number of halogens is 1. The zero-order valence-electron chi connectivity index (χ0n) is 17.9. The van der Waals surface area contributed by atoms with E-state index in [0.29, 0.717) is 29.7 Å². The van der Waals surface area contributed by atoms with E-state index in [0.717, 1.165) is 26.9 Å². The van der Waals surface area contributed by atoms with Crippen molar-refractivity contribution in [1.29, 1.82) is 0 Å². The fourth-order valence-electron chi connectivity index (χ4n) is 4.18. The Labute approximate surface area is 198 Å². The molecule has 0 radical (unpaired) electrons. The Kier molecular flexibility index (Phi) is 5.07. The summed E-state index contributed by atoms with van der Waals surface area (Å²) in [6.07, 6.45) is 2.12. The summed E-state index contributed by atoms with van der Waals surface area (Å²) in [6, 6.07) is 21.9. The average molecular weight is 471 g/mol. The molecular formula is C26H19FN4O2S. The topological polar surface area (TPSA) is 69.0 Å². The van der Waals surface area contributed by atoms with Crippen LogP contribution in [0.15, 0.2) is 79.0 Å². The van der Waals surface area contributed by atoms with Gasteiger partial charge in [-0.25, -0.2) is 9.37 Å². The van der Waals surface area contributed by atoms with Gasteiger partial charge < -0.3 is 10.1 Å². The standard InChI is InChI=1S/C26H19FN4O2S/c27-18-10-8-16(9-11-18)15-33-19-5-3-4-17(12-19)20-13-24(32)30-25-21(20)14-28-31(25)26-29-22-6-1-2-7-23(22)34-26/h1-12,14,20H,13,15H2,(H,30,32)/t20-/m0/s1. The van der Waals surface area contributed by atoms with Crippen LogP contribution >= 0.6 is 11.3 Å². The summed E-state index contributed by atoms with van der Waals surface area (Å²) in [6.45, 7) is 0.329. The minimum absolute atomic E-state index is 0.0713. The number of ether oxygens (including phenoxy) is 1.